The normalized spacial score (nSPS) is 15.6. The second kappa shape index (κ2) is 8.27. The van der Waals surface area contributed by atoms with Crippen LogP contribution in [0.25, 0.3) is 0 Å². The standard InChI is InChI=1S/C24H24N2O3/c1-2-29-22-16-18(12-13-21(22)27)23-25-20-11-7-6-10-19(20)24(28)26(23)15-14-17-8-4-3-5-9-17/h3-13,16,23,25,27H,2,14-15H2,1H3/t23-/m0/s1. The van der Waals surface area contributed by atoms with Crippen molar-refractivity contribution in [2.45, 2.75) is 19.5 Å². The Morgan fingerprint density at radius 3 is 2.59 bits per heavy atom. The van der Waals surface area contributed by atoms with Gasteiger partial charge in [0, 0.05) is 12.2 Å². The van der Waals surface area contributed by atoms with Crippen molar-refractivity contribution in [3.05, 3.63) is 89.5 Å². The maximum absolute atomic E-state index is 13.3. The smallest absolute Gasteiger partial charge is 0.257 e. The van der Waals surface area contributed by atoms with Crippen molar-refractivity contribution in [2.75, 3.05) is 18.5 Å². The predicted octanol–water partition coefficient (Wildman–Crippen LogP) is 4.60. The summed E-state index contributed by atoms with van der Waals surface area (Å²) < 4.78 is 5.55. The van der Waals surface area contributed by atoms with Crippen molar-refractivity contribution in [1.82, 2.24) is 4.90 Å². The highest BCUT2D eigenvalue weighted by Crippen LogP contribution is 2.36. The van der Waals surface area contributed by atoms with Crippen molar-refractivity contribution in [3.8, 4) is 11.5 Å². The van der Waals surface area contributed by atoms with Crippen LogP contribution in [-0.4, -0.2) is 29.1 Å². The minimum Gasteiger partial charge on any atom is -0.504 e. The van der Waals surface area contributed by atoms with E-state index < -0.39 is 0 Å². The summed E-state index contributed by atoms with van der Waals surface area (Å²) in [4.78, 5) is 15.1. The number of phenolic OH excluding ortho intramolecular Hbond substituents is 1. The van der Waals surface area contributed by atoms with Crippen LogP contribution in [0.4, 0.5) is 5.69 Å². The number of carbonyl (C=O) groups excluding carboxylic acids is 1. The van der Waals surface area contributed by atoms with Gasteiger partial charge in [0.15, 0.2) is 11.5 Å². The second-order valence-corrected chi connectivity index (χ2v) is 6.99. The van der Waals surface area contributed by atoms with Crippen molar-refractivity contribution >= 4 is 11.6 Å². The number of anilines is 1. The van der Waals surface area contributed by atoms with Gasteiger partial charge in [0.25, 0.3) is 5.91 Å². The molecule has 5 heteroatoms. The van der Waals surface area contributed by atoms with Crippen LogP contribution in [0.15, 0.2) is 72.8 Å². The molecule has 0 unspecified atom stereocenters. The molecule has 1 aliphatic rings. The third-order valence-corrected chi connectivity index (χ3v) is 5.11. The van der Waals surface area contributed by atoms with Crippen molar-refractivity contribution < 1.29 is 14.6 Å². The average Bonchev–Trinajstić information content (AvgIpc) is 2.75. The molecule has 29 heavy (non-hydrogen) atoms. The highest BCUT2D eigenvalue weighted by Gasteiger charge is 2.32. The number of nitrogens with one attached hydrogen (secondary N) is 1. The van der Waals surface area contributed by atoms with Gasteiger partial charge in [0.05, 0.1) is 12.2 Å². The Balaban J connectivity index is 1.69. The fraction of sp³-hybridized carbons (Fsp3) is 0.208. The lowest BCUT2D eigenvalue weighted by atomic mass is 10.0. The lowest BCUT2D eigenvalue weighted by Gasteiger charge is -2.38. The zero-order chi connectivity index (χ0) is 20.2. The molecule has 1 heterocycles. The molecule has 5 nitrogen and oxygen atoms in total. The predicted molar refractivity (Wildman–Crippen MR) is 113 cm³/mol. The Kier molecular flexibility index (Phi) is 5.38. The van der Waals surface area contributed by atoms with Crippen molar-refractivity contribution in [3.63, 3.8) is 0 Å². The number of aromatic hydroxyl groups is 1. The van der Waals surface area contributed by atoms with Crippen LogP contribution in [-0.2, 0) is 6.42 Å². The zero-order valence-corrected chi connectivity index (χ0v) is 16.3. The van der Waals surface area contributed by atoms with E-state index in [1.54, 1.807) is 12.1 Å². The number of ether oxygens (including phenoxy) is 1. The van der Waals surface area contributed by atoms with Gasteiger partial charge in [-0.15, -0.1) is 0 Å². The van der Waals surface area contributed by atoms with Crippen LogP contribution in [0.2, 0.25) is 0 Å². The third-order valence-electron chi connectivity index (χ3n) is 5.11. The fourth-order valence-electron chi connectivity index (χ4n) is 3.65. The van der Waals surface area contributed by atoms with Gasteiger partial charge in [-0.1, -0.05) is 48.5 Å². The molecule has 0 fully saturated rings. The molecular weight excluding hydrogens is 364 g/mol. The van der Waals surface area contributed by atoms with Gasteiger partial charge in [-0.2, -0.15) is 0 Å². The van der Waals surface area contributed by atoms with Gasteiger partial charge in [-0.25, -0.2) is 0 Å². The molecule has 4 rings (SSSR count). The molecule has 3 aromatic carbocycles. The Hall–Kier alpha value is -3.47. The van der Waals surface area contributed by atoms with Crippen LogP contribution < -0.4 is 10.1 Å². The number of hydrogen-bond donors (Lipinski definition) is 2. The zero-order valence-electron chi connectivity index (χ0n) is 16.3. The monoisotopic (exact) mass is 388 g/mol. The Labute approximate surface area is 170 Å². The largest absolute Gasteiger partial charge is 0.504 e. The van der Waals surface area contributed by atoms with Crippen LogP contribution in [0.3, 0.4) is 0 Å². The van der Waals surface area contributed by atoms with Gasteiger partial charge in [0.1, 0.15) is 6.17 Å². The van der Waals surface area contributed by atoms with Crippen molar-refractivity contribution in [2.24, 2.45) is 0 Å². The number of rotatable bonds is 6. The summed E-state index contributed by atoms with van der Waals surface area (Å²) in [6.45, 7) is 2.89. The first-order chi connectivity index (χ1) is 14.2. The molecular formula is C24H24N2O3. The first-order valence-corrected chi connectivity index (χ1v) is 9.83. The summed E-state index contributed by atoms with van der Waals surface area (Å²) in [5.41, 5.74) is 3.52. The van der Waals surface area contributed by atoms with Gasteiger partial charge < -0.3 is 20.1 Å². The van der Waals surface area contributed by atoms with E-state index in [4.69, 9.17) is 4.74 Å². The van der Waals surface area contributed by atoms with Crippen molar-refractivity contribution in [1.29, 1.82) is 0 Å². The Morgan fingerprint density at radius 1 is 1.03 bits per heavy atom. The van der Waals surface area contributed by atoms with E-state index in [-0.39, 0.29) is 17.8 Å². The summed E-state index contributed by atoms with van der Waals surface area (Å²) in [6, 6.07) is 22.9. The lowest BCUT2D eigenvalue weighted by Crippen LogP contribution is -2.44. The number of fused-ring (bicyclic) bond motifs is 1. The molecule has 0 aromatic heterocycles. The highest BCUT2D eigenvalue weighted by molar-refractivity contribution is 6.01. The van der Waals surface area contributed by atoms with Gasteiger partial charge in [-0.05, 0) is 48.7 Å². The fourth-order valence-corrected chi connectivity index (χ4v) is 3.65. The summed E-state index contributed by atoms with van der Waals surface area (Å²) in [6.07, 6.45) is 0.407. The van der Waals surface area contributed by atoms with Gasteiger partial charge in [0.2, 0.25) is 0 Å². The molecule has 1 amide bonds. The maximum Gasteiger partial charge on any atom is 0.257 e. The van der Waals surface area contributed by atoms with Crippen LogP contribution in [0.1, 0.15) is 34.6 Å². The number of nitrogens with zero attached hydrogens (tertiary/aromatic N) is 1. The molecule has 148 valence electrons. The van der Waals surface area contributed by atoms with E-state index >= 15 is 0 Å². The van der Waals surface area contributed by atoms with E-state index in [0.717, 1.165) is 17.7 Å². The quantitative estimate of drug-likeness (QED) is 0.648. The number of benzene rings is 3. The number of para-hydroxylation sites is 1. The summed E-state index contributed by atoms with van der Waals surface area (Å²) >= 11 is 0. The minimum absolute atomic E-state index is 0.00804. The van der Waals surface area contributed by atoms with E-state index in [0.29, 0.717) is 24.5 Å². The van der Waals surface area contributed by atoms with Gasteiger partial charge in [-0.3, -0.25) is 4.79 Å². The maximum atomic E-state index is 13.3. The Bertz CT molecular complexity index is 1000. The molecule has 1 aliphatic heterocycles. The number of hydrogen-bond acceptors (Lipinski definition) is 4. The molecule has 0 saturated carbocycles. The van der Waals surface area contributed by atoms with E-state index in [9.17, 15) is 9.90 Å². The first-order valence-electron chi connectivity index (χ1n) is 9.83. The molecule has 1 atom stereocenters. The SMILES string of the molecule is CCOc1cc([C@H]2Nc3ccccc3C(=O)N2CCc2ccccc2)ccc1O. The summed E-state index contributed by atoms with van der Waals surface area (Å²) in [5.74, 6) is 0.501. The molecule has 2 N–H and O–H groups in total. The molecule has 3 aromatic rings. The van der Waals surface area contributed by atoms with Crippen LogP contribution in [0, 0.1) is 0 Å². The summed E-state index contributed by atoms with van der Waals surface area (Å²) in [7, 11) is 0. The van der Waals surface area contributed by atoms with E-state index in [1.165, 1.54) is 5.56 Å². The number of carbonyl (C=O) groups is 1. The van der Waals surface area contributed by atoms with Crippen LogP contribution >= 0.6 is 0 Å². The third kappa shape index (κ3) is 3.90. The second-order valence-electron chi connectivity index (χ2n) is 6.99. The average molecular weight is 388 g/mol. The molecule has 0 aliphatic carbocycles. The number of amides is 1. The topological polar surface area (TPSA) is 61.8 Å². The first kappa shape index (κ1) is 18.9. The molecule has 0 radical (unpaired) electrons. The van der Waals surface area contributed by atoms with Crippen LogP contribution in [0.5, 0.6) is 11.5 Å². The number of phenols is 1. The molecule has 0 bridgehead atoms. The highest BCUT2D eigenvalue weighted by atomic mass is 16.5. The molecule has 0 saturated heterocycles. The summed E-state index contributed by atoms with van der Waals surface area (Å²) in [5, 5.41) is 13.6. The van der Waals surface area contributed by atoms with E-state index in [2.05, 4.69) is 17.4 Å². The Morgan fingerprint density at radius 2 is 1.79 bits per heavy atom. The van der Waals surface area contributed by atoms with Gasteiger partial charge >= 0.3 is 0 Å². The lowest BCUT2D eigenvalue weighted by molar-refractivity contribution is 0.0685. The van der Waals surface area contributed by atoms with E-state index in [1.807, 2.05) is 60.4 Å². The molecule has 0 spiro atoms. The minimum atomic E-state index is -0.346.